The summed E-state index contributed by atoms with van der Waals surface area (Å²) in [6.45, 7) is 4.38. The van der Waals surface area contributed by atoms with Gasteiger partial charge in [0.15, 0.2) is 5.58 Å². The number of likely N-dealkylation sites (tertiary alicyclic amines) is 1. The average molecular weight is 424 g/mol. The second kappa shape index (κ2) is 7.57. The van der Waals surface area contributed by atoms with Crippen molar-refractivity contribution in [1.82, 2.24) is 10.1 Å². The predicted octanol–water partition coefficient (Wildman–Crippen LogP) is 5.07. The van der Waals surface area contributed by atoms with Gasteiger partial charge in [0.1, 0.15) is 5.82 Å². The van der Waals surface area contributed by atoms with Crippen molar-refractivity contribution < 1.29 is 8.91 Å². The van der Waals surface area contributed by atoms with Crippen LogP contribution in [0.15, 0.2) is 45.8 Å². The van der Waals surface area contributed by atoms with Crippen molar-refractivity contribution in [2.24, 2.45) is 0 Å². The number of benzene rings is 2. The summed E-state index contributed by atoms with van der Waals surface area (Å²) in [6.07, 6.45) is 4.59. The SMILES string of the molecule is Fc1ccc2c(CCN3CCCC4c5cccc6c5N(CCCS6)C4C3)noc2c1. The quantitative estimate of drug-likeness (QED) is 0.587. The maximum absolute atomic E-state index is 13.4. The zero-order valence-corrected chi connectivity index (χ0v) is 17.8. The van der Waals surface area contributed by atoms with Gasteiger partial charge >= 0.3 is 0 Å². The Balaban J connectivity index is 1.22. The number of anilines is 1. The molecule has 0 N–H and O–H groups in total. The third-order valence-corrected chi connectivity index (χ3v) is 8.12. The van der Waals surface area contributed by atoms with Gasteiger partial charge in [-0.05, 0) is 55.3 Å². The summed E-state index contributed by atoms with van der Waals surface area (Å²) in [4.78, 5) is 6.81. The lowest BCUT2D eigenvalue weighted by Gasteiger charge is -2.32. The molecular formula is C24H26FN3OS. The normalized spacial score (nSPS) is 23.8. The van der Waals surface area contributed by atoms with Gasteiger partial charge in [0.25, 0.3) is 0 Å². The molecule has 1 aromatic heterocycles. The molecule has 6 heteroatoms. The van der Waals surface area contributed by atoms with E-state index in [9.17, 15) is 4.39 Å². The van der Waals surface area contributed by atoms with E-state index in [1.54, 1.807) is 11.6 Å². The van der Waals surface area contributed by atoms with E-state index in [1.807, 2.05) is 11.8 Å². The molecule has 0 saturated carbocycles. The third-order valence-electron chi connectivity index (χ3n) is 6.99. The molecule has 3 aromatic rings. The van der Waals surface area contributed by atoms with Gasteiger partial charge < -0.3 is 14.3 Å². The Morgan fingerprint density at radius 2 is 2.13 bits per heavy atom. The fourth-order valence-electron chi connectivity index (χ4n) is 5.62. The van der Waals surface area contributed by atoms with Crippen LogP contribution in [-0.4, -0.2) is 48.0 Å². The summed E-state index contributed by atoms with van der Waals surface area (Å²) in [6, 6.07) is 12.2. The van der Waals surface area contributed by atoms with E-state index in [4.69, 9.17) is 4.52 Å². The van der Waals surface area contributed by atoms with Gasteiger partial charge in [-0.2, -0.15) is 0 Å². The molecule has 1 saturated heterocycles. The largest absolute Gasteiger partial charge is 0.365 e. The molecule has 30 heavy (non-hydrogen) atoms. The number of thioether (sulfide) groups is 1. The minimum absolute atomic E-state index is 0.278. The molecule has 2 unspecified atom stereocenters. The van der Waals surface area contributed by atoms with E-state index in [2.05, 4.69) is 33.2 Å². The van der Waals surface area contributed by atoms with E-state index >= 15 is 0 Å². The molecule has 156 valence electrons. The second-order valence-corrected chi connectivity index (χ2v) is 9.86. The zero-order valence-electron chi connectivity index (χ0n) is 17.0. The van der Waals surface area contributed by atoms with Crippen molar-refractivity contribution in [2.45, 2.75) is 42.5 Å². The minimum atomic E-state index is -0.278. The molecule has 0 spiro atoms. The first-order valence-electron chi connectivity index (χ1n) is 11.1. The number of rotatable bonds is 3. The van der Waals surface area contributed by atoms with Crippen LogP contribution in [0.3, 0.4) is 0 Å². The third kappa shape index (κ3) is 3.12. The standard InChI is InChI=1S/C24H26FN3OS/c25-16-7-8-19-20(26-29-22(19)14-16)9-12-27-10-2-5-17-18-4-1-6-23-24(18)28(21(17)15-27)11-3-13-30-23/h1,4,6-8,14,17,21H,2-3,5,9-13,15H2. The van der Waals surface area contributed by atoms with Crippen LogP contribution in [0.1, 0.15) is 36.4 Å². The summed E-state index contributed by atoms with van der Waals surface area (Å²) in [5.74, 6) is 1.59. The molecule has 0 amide bonds. The van der Waals surface area contributed by atoms with Gasteiger partial charge in [0.2, 0.25) is 0 Å². The molecule has 0 aliphatic carbocycles. The molecule has 3 aliphatic heterocycles. The molecule has 2 aromatic carbocycles. The van der Waals surface area contributed by atoms with Crippen LogP contribution < -0.4 is 4.90 Å². The molecule has 4 heterocycles. The number of para-hydroxylation sites is 1. The Morgan fingerprint density at radius 3 is 3.10 bits per heavy atom. The van der Waals surface area contributed by atoms with Crippen LogP contribution in [0.2, 0.25) is 0 Å². The molecule has 0 radical (unpaired) electrons. The summed E-state index contributed by atoms with van der Waals surface area (Å²) < 4.78 is 18.8. The highest BCUT2D eigenvalue weighted by Crippen LogP contribution is 2.50. The first-order valence-corrected chi connectivity index (χ1v) is 12.0. The van der Waals surface area contributed by atoms with Gasteiger partial charge in [-0.1, -0.05) is 17.3 Å². The van der Waals surface area contributed by atoms with E-state index in [0.717, 1.165) is 37.1 Å². The molecule has 0 bridgehead atoms. The Bertz CT molecular complexity index is 1080. The maximum atomic E-state index is 13.4. The average Bonchev–Trinajstić information content (AvgIpc) is 3.08. The Morgan fingerprint density at radius 1 is 1.17 bits per heavy atom. The van der Waals surface area contributed by atoms with Gasteiger partial charge in [-0.15, -0.1) is 11.8 Å². The van der Waals surface area contributed by atoms with Crippen LogP contribution in [0.4, 0.5) is 10.1 Å². The van der Waals surface area contributed by atoms with Crippen molar-refractivity contribution in [2.75, 3.05) is 36.8 Å². The molecule has 3 aliphatic rings. The van der Waals surface area contributed by atoms with Crippen LogP contribution in [0, 0.1) is 5.82 Å². The first-order chi connectivity index (χ1) is 14.8. The van der Waals surface area contributed by atoms with Crippen molar-refractivity contribution in [1.29, 1.82) is 0 Å². The number of halogens is 1. The summed E-state index contributed by atoms with van der Waals surface area (Å²) in [5, 5.41) is 5.16. The molecule has 2 atom stereocenters. The number of fused-ring (bicyclic) bond motifs is 4. The fraction of sp³-hybridized carbons (Fsp3) is 0.458. The summed E-state index contributed by atoms with van der Waals surface area (Å²) in [7, 11) is 0. The maximum Gasteiger partial charge on any atom is 0.170 e. The molecular weight excluding hydrogens is 397 g/mol. The van der Waals surface area contributed by atoms with E-state index in [0.29, 0.717) is 17.5 Å². The lowest BCUT2D eigenvalue weighted by molar-refractivity contribution is 0.269. The summed E-state index contributed by atoms with van der Waals surface area (Å²) >= 11 is 2.03. The number of nitrogens with zero attached hydrogens (tertiary/aromatic N) is 3. The van der Waals surface area contributed by atoms with Gasteiger partial charge in [-0.3, -0.25) is 0 Å². The number of aromatic nitrogens is 1. The number of hydrogen-bond acceptors (Lipinski definition) is 5. The zero-order chi connectivity index (χ0) is 20.1. The van der Waals surface area contributed by atoms with Gasteiger partial charge in [0, 0.05) is 54.4 Å². The topological polar surface area (TPSA) is 32.5 Å². The molecule has 6 rings (SSSR count). The highest BCUT2D eigenvalue weighted by molar-refractivity contribution is 7.99. The number of hydrogen-bond donors (Lipinski definition) is 0. The smallest absolute Gasteiger partial charge is 0.170 e. The predicted molar refractivity (Wildman–Crippen MR) is 119 cm³/mol. The highest BCUT2D eigenvalue weighted by Gasteiger charge is 2.41. The Labute approximate surface area is 180 Å². The Hall–Kier alpha value is -2.05. The van der Waals surface area contributed by atoms with Crippen molar-refractivity contribution in [3.8, 4) is 0 Å². The molecule has 1 fully saturated rings. The fourth-order valence-corrected chi connectivity index (χ4v) is 6.66. The molecule has 4 nitrogen and oxygen atoms in total. The first kappa shape index (κ1) is 18.7. The van der Waals surface area contributed by atoms with Crippen LogP contribution >= 0.6 is 11.8 Å². The van der Waals surface area contributed by atoms with Crippen molar-refractivity contribution in [3.05, 3.63) is 53.5 Å². The lowest BCUT2D eigenvalue weighted by Crippen LogP contribution is -2.43. The second-order valence-electron chi connectivity index (χ2n) is 8.73. The van der Waals surface area contributed by atoms with Gasteiger partial charge in [0.05, 0.1) is 11.4 Å². The van der Waals surface area contributed by atoms with Gasteiger partial charge in [-0.25, -0.2) is 4.39 Å². The van der Waals surface area contributed by atoms with Crippen LogP contribution in [0.25, 0.3) is 11.0 Å². The highest BCUT2D eigenvalue weighted by atomic mass is 32.2. The monoisotopic (exact) mass is 423 g/mol. The van der Waals surface area contributed by atoms with E-state index < -0.39 is 0 Å². The summed E-state index contributed by atoms with van der Waals surface area (Å²) in [5.41, 5.74) is 4.59. The Kier molecular flexibility index (Phi) is 4.72. The van der Waals surface area contributed by atoms with Crippen LogP contribution in [-0.2, 0) is 6.42 Å². The van der Waals surface area contributed by atoms with Crippen LogP contribution in [0.5, 0.6) is 0 Å². The van der Waals surface area contributed by atoms with E-state index in [1.165, 1.54) is 54.3 Å². The van der Waals surface area contributed by atoms with Crippen molar-refractivity contribution in [3.63, 3.8) is 0 Å². The van der Waals surface area contributed by atoms with E-state index in [-0.39, 0.29) is 5.82 Å². The minimum Gasteiger partial charge on any atom is -0.365 e. The van der Waals surface area contributed by atoms with Crippen molar-refractivity contribution >= 4 is 28.4 Å². The lowest BCUT2D eigenvalue weighted by atomic mass is 9.91.